The first kappa shape index (κ1) is 26.0. The van der Waals surface area contributed by atoms with Crippen LogP contribution in [-0.4, -0.2) is 49.6 Å². The van der Waals surface area contributed by atoms with Crippen LogP contribution in [0.2, 0.25) is 0 Å². The zero-order chi connectivity index (χ0) is 22.1. The fraction of sp³-hybridized carbons (Fsp3) is 0.440. The van der Waals surface area contributed by atoms with Crippen LogP contribution in [0.3, 0.4) is 0 Å². The summed E-state index contributed by atoms with van der Waals surface area (Å²) in [6, 6.07) is 14.2. The van der Waals surface area contributed by atoms with Crippen LogP contribution in [0.4, 0.5) is 0 Å². The lowest BCUT2D eigenvalue weighted by molar-refractivity contribution is 0.0773. The molecule has 0 aliphatic carbocycles. The van der Waals surface area contributed by atoms with E-state index in [-0.39, 0.29) is 29.9 Å². The molecule has 0 fully saturated rings. The highest BCUT2D eigenvalue weighted by Gasteiger charge is 2.13. The summed E-state index contributed by atoms with van der Waals surface area (Å²) < 4.78 is 5.58. The SMILES string of the molecule is CCNC(=NCc1ccc(C(=O)N(CC)CC)cc1)NCCc1ccc2c(c1)CCO2.I. The lowest BCUT2D eigenvalue weighted by atomic mass is 10.1. The molecule has 7 heteroatoms. The molecule has 0 spiro atoms. The summed E-state index contributed by atoms with van der Waals surface area (Å²) in [7, 11) is 0. The molecule has 6 nitrogen and oxygen atoms in total. The number of carbonyl (C=O) groups excluding carboxylic acids is 1. The van der Waals surface area contributed by atoms with Crippen molar-refractivity contribution in [2.24, 2.45) is 4.99 Å². The van der Waals surface area contributed by atoms with Gasteiger partial charge in [0.25, 0.3) is 5.91 Å². The molecule has 174 valence electrons. The fourth-order valence-electron chi connectivity index (χ4n) is 3.68. The topological polar surface area (TPSA) is 66.0 Å². The maximum atomic E-state index is 12.4. The number of fused-ring (bicyclic) bond motifs is 1. The molecular weight excluding hydrogens is 515 g/mol. The summed E-state index contributed by atoms with van der Waals surface area (Å²) in [5.74, 6) is 1.90. The predicted octanol–water partition coefficient (Wildman–Crippen LogP) is 4.02. The van der Waals surface area contributed by atoms with Gasteiger partial charge >= 0.3 is 0 Å². The Morgan fingerprint density at radius 1 is 1.03 bits per heavy atom. The smallest absolute Gasteiger partial charge is 0.253 e. The molecule has 1 heterocycles. The summed E-state index contributed by atoms with van der Waals surface area (Å²) in [4.78, 5) is 19.0. The standard InChI is InChI=1S/C25H34N4O2.HI/c1-4-26-25(27-15-13-19-9-12-23-22(17-19)14-16-31-23)28-18-20-7-10-21(11-8-20)24(30)29(5-2)6-3;/h7-12,17H,4-6,13-16,18H2,1-3H3,(H2,26,27,28);1H. The largest absolute Gasteiger partial charge is 0.493 e. The van der Waals surface area contributed by atoms with Crippen LogP contribution in [0, 0.1) is 0 Å². The molecule has 1 amide bonds. The quantitative estimate of drug-likeness (QED) is 0.281. The normalized spacial score (nSPS) is 12.4. The van der Waals surface area contributed by atoms with E-state index in [0.29, 0.717) is 6.54 Å². The molecule has 1 aliphatic heterocycles. The maximum Gasteiger partial charge on any atom is 0.253 e. The van der Waals surface area contributed by atoms with Gasteiger partial charge in [-0.2, -0.15) is 0 Å². The van der Waals surface area contributed by atoms with Gasteiger partial charge in [-0.25, -0.2) is 4.99 Å². The fourth-order valence-corrected chi connectivity index (χ4v) is 3.68. The molecule has 2 N–H and O–H groups in total. The highest BCUT2D eigenvalue weighted by molar-refractivity contribution is 14.0. The van der Waals surface area contributed by atoms with E-state index in [2.05, 4.69) is 35.8 Å². The number of hydrogen-bond donors (Lipinski definition) is 2. The third-order valence-corrected chi connectivity index (χ3v) is 5.48. The van der Waals surface area contributed by atoms with Crippen LogP contribution in [0.15, 0.2) is 47.5 Å². The first-order valence-corrected chi connectivity index (χ1v) is 11.3. The van der Waals surface area contributed by atoms with E-state index in [1.807, 2.05) is 43.0 Å². The second kappa shape index (κ2) is 13.3. The first-order valence-electron chi connectivity index (χ1n) is 11.3. The number of ether oxygens (including phenoxy) is 1. The Balaban J connectivity index is 0.00000363. The van der Waals surface area contributed by atoms with Crippen LogP contribution < -0.4 is 15.4 Å². The Hall–Kier alpha value is -2.29. The van der Waals surface area contributed by atoms with Crippen LogP contribution in [0.25, 0.3) is 0 Å². The molecule has 0 saturated heterocycles. The summed E-state index contributed by atoms with van der Waals surface area (Å²) in [5.41, 5.74) is 4.41. The molecule has 0 unspecified atom stereocenters. The van der Waals surface area contributed by atoms with Crippen LogP contribution in [0.1, 0.15) is 47.8 Å². The summed E-state index contributed by atoms with van der Waals surface area (Å²) in [6.45, 7) is 10.5. The molecule has 1 aliphatic rings. The van der Waals surface area contributed by atoms with Gasteiger partial charge in [-0.3, -0.25) is 4.79 Å². The second-order valence-corrected chi connectivity index (χ2v) is 7.59. The number of rotatable bonds is 9. The highest BCUT2D eigenvalue weighted by Crippen LogP contribution is 2.25. The van der Waals surface area contributed by atoms with Crippen molar-refractivity contribution < 1.29 is 9.53 Å². The average molecular weight is 550 g/mol. The molecule has 0 atom stereocenters. The van der Waals surface area contributed by atoms with Crippen molar-refractivity contribution in [2.75, 3.05) is 32.8 Å². The van der Waals surface area contributed by atoms with E-state index in [9.17, 15) is 4.79 Å². The van der Waals surface area contributed by atoms with Gasteiger partial charge in [0.1, 0.15) is 5.75 Å². The van der Waals surface area contributed by atoms with E-state index in [0.717, 1.165) is 68.5 Å². The van der Waals surface area contributed by atoms with E-state index in [1.165, 1.54) is 11.1 Å². The monoisotopic (exact) mass is 550 g/mol. The van der Waals surface area contributed by atoms with Gasteiger partial charge in [0, 0.05) is 38.2 Å². The number of guanidine groups is 1. The van der Waals surface area contributed by atoms with Crippen molar-refractivity contribution >= 4 is 35.8 Å². The van der Waals surface area contributed by atoms with Crippen LogP contribution in [-0.2, 0) is 19.4 Å². The van der Waals surface area contributed by atoms with E-state index < -0.39 is 0 Å². The Kier molecular flexibility index (Phi) is 10.8. The molecule has 0 radical (unpaired) electrons. The molecule has 2 aromatic rings. The van der Waals surface area contributed by atoms with Gasteiger partial charge in [0.05, 0.1) is 13.2 Å². The predicted molar refractivity (Wildman–Crippen MR) is 141 cm³/mol. The third-order valence-electron chi connectivity index (χ3n) is 5.48. The van der Waals surface area contributed by atoms with Crippen molar-refractivity contribution in [3.8, 4) is 5.75 Å². The zero-order valence-electron chi connectivity index (χ0n) is 19.3. The number of benzene rings is 2. The Morgan fingerprint density at radius 3 is 2.44 bits per heavy atom. The van der Waals surface area contributed by atoms with Gasteiger partial charge in [-0.15, -0.1) is 24.0 Å². The average Bonchev–Trinajstić information content (AvgIpc) is 3.26. The number of nitrogens with one attached hydrogen (secondary N) is 2. The minimum absolute atomic E-state index is 0. The van der Waals surface area contributed by atoms with E-state index in [1.54, 1.807) is 0 Å². The number of halogens is 1. The van der Waals surface area contributed by atoms with Crippen molar-refractivity contribution in [1.82, 2.24) is 15.5 Å². The van der Waals surface area contributed by atoms with Crippen molar-refractivity contribution in [3.63, 3.8) is 0 Å². The Morgan fingerprint density at radius 2 is 1.75 bits per heavy atom. The lowest BCUT2D eigenvalue weighted by Crippen LogP contribution is -2.38. The van der Waals surface area contributed by atoms with Gasteiger partial charge in [-0.05, 0) is 62.1 Å². The number of amides is 1. The molecule has 3 rings (SSSR count). The summed E-state index contributed by atoms with van der Waals surface area (Å²) in [6.07, 6.45) is 1.93. The molecule has 0 bridgehead atoms. The molecule has 0 aromatic heterocycles. The number of carbonyl (C=O) groups is 1. The Labute approximate surface area is 208 Å². The van der Waals surface area contributed by atoms with Gasteiger partial charge in [0.2, 0.25) is 0 Å². The molecular formula is C25H35IN4O2. The minimum Gasteiger partial charge on any atom is -0.493 e. The summed E-state index contributed by atoms with van der Waals surface area (Å²) in [5, 5.41) is 6.71. The van der Waals surface area contributed by atoms with Gasteiger partial charge < -0.3 is 20.3 Å². The maximum absolute atomic E-state index is 12.4. The van der Waals surface area contributed by atoms with Crippen molar-refractivity contribution in [3.05, 3.63) is 64.7 Å². The van der Waals surface area contributed by atoms with Crippen molar-refractivity contribution in [2.45, 2.75) is 40.2 Å². The van der Waals surface area contributed by atoms with Crippen LogP contribution in [0.5, 0.6) is 5.75 Å². The molecule has 2 aromatic carbocycles. The number of hydrogen-bond acceptors (Lipinski definition) is 3. The minimum atomic E-state index is 0. The first-order chi connectivity index (χ1) is 15.1. The second-order valence-electron chi connectivity index (χ2n) is 7.59. The van der Waals surface area contributed by atoms with Crippen molar-refractivity contribution in [1.29, 1.82) is 0 Å². The highest BCUT2D eigenvalue weighted by atomic mass is 127. The summed E-state index contributed by atoms with van der Waals surface area (Å²) >= 11 is 0. The lowest BCUT2D eigenvalue weighted by Gasteiger charge is -2.18. The Bertz CT molecular complexity index is 895. The van der Waals surface area contributed by atoms with Gasteiger partial charge in [0.15, 0.2) is 5.96 Å². The zero-order valence-corrected chi connectivity index (χ0v) is 21.6. The number of aliphatic imine (C=N–C) groups is 1. The number of nitrogens with zero attached hydrogens (tertiary/aromatic N) is 2. The third kappa shape index (κ3) is 7.12. The molecule has 32 heavy (non-hydrogen) atoms. The van der Waals surface area contributed by atoms with Gasteiger partial charge in [-0.1, -0.05) is 24.3 Å². The van der Waals surface area contributed by atoms with E-state index >= 15 is 0 Å². The van der Waals surface area contributed by atoms with E-state index in [4.69, 9.17) is 9.73 Å². The molecule has 0 saturated carbocycles. The van der Waals surface area contributed by atoms with Crippen LogP contribution >= 0.6 is 24.0 Å².